The van der Waals surface area contributed by atoms with Gasteiger partial charge in [-0.15, -0.1) is 11.3 Å². The summed E-state index contributed by atoms with van der Waals surface area (Å²) in [6, 6.07) is 0. The average Bonchev–Trinajstić information content (AvgIpc) is 3.47. The van der Waals surface area contributed by atoms with E-state index in [9.17, 15) is 24.3 Å². The van der Waals surface area contributed by atoms with Crippen LogP contribution in [0, 0.1) is 24.2 Å². The normalized spacial score (nSPS) is 31.9. The molecule has 3 heterocycles. The number of carbonyl (C=O) groups excluding carboxylic acids is 4. The first-order valence-electron chi connectivity index (χ1n) is 14.0. The third kappa shape index (κ3) is 8.45. The first-order valence-corrected chi connectivity index (χ1v) is 14.9. The molecule has 0 saturated carbocycles. The number of hydrogen-bond donors (Lipinski definition) is 1. The predicted molar refractivity (Wildman–Crippen MR) is 155 cm³/mol. The molecule has 0 amide bonds. The Kier molecular flexibility index (Phi) is 11.2. The van der Waals surface area contributed by atoms with Crippen LogP contribution < -0.4 is 0 Å². The summed E-state index contributed by atoms with van der Waals surface area (Å²) in [4.78, 5) is 55.5. The van der Waals surface area contributed by atoms with Crippen molar-refractivity contribution in [3.8, 4) is 0 Å². The van der Waals surface area contributed by atoms with Crippen LogP contribution in [0.25, 0.3) is 6.08 Å². The molecule has 6 atom stereocenters. The van der Waals surface area contributed by atoms with Gasteiger partial charge in [-0.3, -0.25) is 14.4 Å². The van der Waals surface area contributed by atoms with Crippen molar-refractivity contribution in [1.29, 1.82) is 0 Å². The van der Waals surface area contributed by atoms with Gasteiger partial charge in [0.1, 0.15) is 24.6 Å². The zero-order chi connectivity index (χ0) is 30.3. The zero-order valence-corrected chi connectivity index (χ0v) is 25.3. The molecule has 0 aromatic carbocycles. The van der Waals surface area contributed by atoms with Gasteiger partial charge < -0.3 is 19.3 Å². The lowest BCUT2D eigenvalue weighted by atomic mass is 9.71. The van der Waals surface area contributed by atoms with Gasteiger partial charge in [-0.05, 0) is 63.2 Å². The number of esters is 3. The number of rotatable bonds is 5. The number of aromatic nitrogens is 1. The Morgan fingerprint density at radius 1 is 1.27 bits per heavy atom. The second kappa shape index (κ2) is 14.2. The molecule has 0 radical (unpaired) electrons. The van der Waals surface area contributed by atoms with E-state index < -0.39 is 47.6 Å². The highest BCUT2D eigenvalue weighted by Gasteiger charge is 2.53. The van der Waals surface area contributed by atoms with Crippen molar-refractivity contribution in [3.05, 3.63) is 46.0 Å². The molecule has 1 aromatic heterocycles. The zero-order valence-electron chi connectivity index (χ0n) is 24.5. The second-order valence-electron chi connectivity index (χ2n) is 11.4. The van der Waals surface area contributed by atoms with E-state index in [4.69, 9.17) is 14.2 Å². The summed E-state index contributed by atoms with van der Waals surface area (Å²) < 4.78 is 16.7. The van der Waals surface area contributed by atoms with Gasteiger partial charge in [-0.2, -0.15) is 0 Å². The molecule has 1 aromatic rings. The molecule has 2 aliphatic rings. The van der Waals surface area contributed by atoms with Gasteiger partial charge >= 0.3 is 17.9 Å². The minimum absolute atomic E-state index is 0.0573. The van der Waals surface area contributed by atoms with Crippen molar-refractivity contribution in [2.45, 2.75) is 91.5 Å². The minimum atomic E-state index is -1.26. The lowest BCUT2D eigenvalue weighted by Gasteiger charge is -2.33. The second-order valence-corrected chi connectivity index (χ2v) is 12.4. The third-order valence-electron chi connectivity index (χ3n) is 8.06. The smallest absolute Gasteiger partial charge is 0.330 e. The molecular weight excluding hydrogens is 546 g/mol. The predicted octanol–water partition coefficient (Wildman–Crippen LogP) is 4.91. The van der Waals surface area contributed by atoms with Crippen molar-refractivity contribution >= 4 is 41.1 Å². The quantitative estimate of drug-likeness (QED) is 0.221. The number of carbonyl (C=O) groups is 4. The van der Waals surface area contributed by atoms with E-state index in [2.05, 4.69) is 11.6 Å². The van der Waals surface area contributed by atoms with Crippen LogP contribution in [-0.4, -0.2) is 58.7 Å². The molecule has 224 valence electrons. The summed E-state index contributed by atoms with van der Waals surface area (Å²) in [6.07, 6.45) is 4.03. The van der Waals surface area contributed by atoms with E-state index in [0.29, 0.717) is 25.7 Å². The van der Waals surface area contributed by atoms with E-state index in [0.717, 1.165) is 27.9 Å². The fourth-order valence-corrected chi connectivity index (χ4v) is 6.00. The number of cyclic esters (lactones) is 1. The molecule has 41 heavy (non-hydrogen) atoms. The van der Waals surface area contributed by atoms with Crippen LogP contribution in [0.3, 0.4) is 0 Å². The first-order chi connectivity index (χ1) is 19.3. The Bertz CT molecular complexity index is 1220. The van der Waals surface area contributed by atoms with Gasteiger partial charge in [-0.25, -0.2) is 9.78 Å². The van der Waals surface area contributed by atoms with Crippen LogP contribution in [0.5, 0.6) is 0 Å². The Morgan fingerprint density at radius 3 is 2.66 bits per heavy atom. The van der Waals surface area contributed by atoms with Gasteiger partial charge in [0.2, 0.25) is 0 Å². The monoisotopic (exact) mass is 587 g/mol. The molecule has 0 unspecified atom stereocenters. The number of Topliss-reactive ketones (excluding diaryl/α,β-unsaturated/α-hetero) is 1. The molecule has 1 fully saturated rings. The topological polar surface area (TPSA) is 129 Å². The number of nitrogens with zero attached hydrogens (tertiary/aromatic N) is 1. The van der Waals surface area contributed by atoms with Gasteiger partial charge in [0, 0.05) is 23.8 Å². The maximum absolute atomic E-state index is 13.6. The SMILES string of the molecule is C=CC(=O)OC/C1=C/C[C@@H](/C(C)=C/c2csc(C)n2)OC(=O)C[C@@H]2OC(=O)C[C@@]2(C)C(=O)[C@H](C)[C@@H](O)[C@@H](C)CCC1. The van der Waals surface area contributed by atoms with Crippen LogP contribution in [0.1, 0.15) is 76.9 Å². The van der Waals surface area contributed by atoms with E-state index in [1.54, 1.807) is 13.8 Å². The van der Waals surface area contributed by atoms with Gasteiger partial charge in [0.15, 0.2) is 0 Å². The van der Waals surface area contributed by atoms with Gasteiger partial charge in [-0.1, -0.05) is 26.5 Å². The average molecular weight is 588 g/mol. The van der Waals surface area contributed by atoms with E-state index in [1.807, 2.05) is 38.3 Å². The van der Waals surface area contributed by atoms with Crippen LogP contribution in [-0.2, 0) is 33.4 Å². The molecule has 1 saturated heterocycles. The first kappa shape index (κ1) is 32.4. The molecular formula is C31H41NO8S. The van der Waals surface area contributed by atoms with Crippen LogP contribution in [0.4, 0.5) is 0 Å². The molecule has 0 spiro atoms. The van der Waals surface area contributed by atoms with Crippen LogP contribution in [0.2, 0.25) is 0 Å². The molecule has 10 heteroatoms. The van der Waals surface area contributed by atoms with Gasteiger partial charge in [0.25, 0.3) is 0 Å². The molecule has 3 rings (SSSR count). The van der Waals surface area contributed by atoms with E-state index >= 15 is 0 Å². The molecule has 0 aliphatic carbocycles. The molecule has 2 aliphatic heterocycles. The van der Waals surface area contributed by atoms with E-state index in [1.165, 1.54) is 11.3 Å². The number of aryl methyl sites for hydroxylation is 1. The number of aliphatic hydroxyl groups excluding tert-OH is 1. The number of hydrogen-bond acceptors (Lipinski definition) is 10. The Labute approximate surface area is 245 Å². The number of thiazole rings is 1. The number of fused-ring (bicyclic) bond motifs is 1. The van der Waals surface area contributed by atoms with Crippen molar-refractivity contribution in [1.82, 2.24) is 4.98 Å². The van der Waals surface area contributed by atoms with Gasteiger partial charge in [0.05, 0.1) is 35.1 Å². The fourth-order valence-electron chi connectivity index (χ4n) is 5.43. The lowest BCUT2D eigenvalue weighted by Crippen LogP contribution is -2.45. The maximum atomic E-state index is 13.6. The van der Waals surface area contributed by atoms with Crippen molar-refractivity contribution in [2.24, 2.45) is 17.3 Å². The summed E-state index contributed by atoms with van der Waals surface area (Å²) in [7, 11) is 0. The number of ketones is 1. The lowest BCUT2D eigenvalue weighted by molar-refractivity contribution is -0.155. The number of aliphatic hydroxyl groups is 1. The summed E-state index contributed by atoms with van der Waals surface area (Å²) in [5, 5.41) is 13.9. The summed E-state index contributed by atoms with van der Waals surface area (Å²) in [5.74, 6) is -2.99. The standard InChI is InChI=1S/C31H41NO8S/c1-7-26(33)38-16-22-10-8-9-18(2)29(36)20(4)30(37)31(6)15-28(35)40-25(31)14-27(34)39-24(12-11-22)19(3)13-23-17-41-21(5)32-23/h7,11,13,17-18,20,24-25,29,36H,1,8-10,12,14-16H2,2-6H3/b19-13+,22-11+/t18-,20+,24-,25-,29-,31+/m0/s1. The highest BCUT2D eigenvalue weighted by Crippen LogP contribution is 2.42. The van der Waals surface area contributed by atoms with E-state index in [-0.39, 0.29) is 31.1 Å². The minimum Gasteiger partial charge on any atom is -0.461 e. The molecule has 9 nitrogen and oxygen atoms in total. The Hall–Kier alpha value is -3.11. The summed E-state index contributed by atoms with van der Waals surface area (Å²) in [5.41, 5.74) is 1.10. The Morgan fingerprint density at radius 2 is 2.00 bits per heavy atom. The fraction of sp³-hybridized carbons (Fsp3) is 0.581. The van der Waals surface area contributed by atoms with Crippen LogP contribution >= 0.6 is 11.3 Å². The third-order valence-corrected chi connectivity index (χ3v) is 8.85. The number of ether oxygens (including phenoxy) is 3. The highest BCUT2D eigenvalue weighted by atomic mass is 32.1. The highest BCUT2D eigenvalue weighted by molar-refractivity contribution is 7.09. The molecule has 0 bridgehead atoms. The van der Waals surface area contributed by atoms with Crippen LogP contribution in [0.15, 0.2) is 35.3 Å². The Balaban J connectivity index is 1.96. The van der Waals surface area contributed by atoms with Crippen molar-refractivity contribution in [2.75, 3.05) is 6.61 Å². The maximum Gasteiger partial charge on any atom is 0.330 e. The molecule has 1 N–H and O–H groups in total. The largest absolute Gasteiger partial charge is 0.461 e. The van der Waals surface area contributed by atoms with Crippen molar-refractivity contribution < 1.29 is 38.5 Å². The van der Waals surface area contributed by atoms with Crippen molar-refractivity contribution in [3.63, 3.8) is 0 Å². The summed E-state index contributed by atoms with van der Waals surface area (Å²) >= 11 is 1.51. The summed E-state index contributed by atoms with van der Waals surface area (Å²) in [6.45, 7) is 12.4.